The lowest BCUT2D eigenvalue weighted by Gasteiger charge is -2.39. The van der Waals surface area contributed by atoms with Crippen molar-refractivity contribution in [2.24, 2.45) is 0 Å². The molecule has 1 aromatic heterocycles. The van der Waals surface area contributed by atoms with Gasteiger partial charge in [-0.15, -0.1) is 0 Å². The number of fused-ring (bicyclic) bond motifs is 1. The summed E-state index contributed by atoms with van der Waals surface area (Å²) in [7, 11) is 1.61. The Balaban J connectivity index is 1.45. The SMILES string of the molecule is CNC(=O)N1CCCC(N(C(=O)NCc2noc3cc(F)c(Cl)cc23)C2CC2)C1. The van der Waals surface area contributed by atoms with E-state index in [2.05, 4.69) is 15.8 Å². The largest absolute Gasteiger partial charge is 0.356 e. The van der Waals surface area contributed by atoms with Crippen LogP contribution in [0.15, 0.2) is 16.7 Å². The van der Waals surface area contributed by atoms with E-state index in [0.717, 1.165) is 25.7 Å². The molecule has 2 fully saturated rings. The number of carbonyl (C=O) groups excluding carboxylic acids is 2. The van der Waals surface area contributed by atoms with Gasteiger partial charge in [0.05, 0.1) is 17.6 Å². The lowest BCUT2D eigenvalue weighted by molar-refractivity contribution is 0.116. The second kappa shape index (κ2) is 8.06. The highest BCUT2D eigenvalue weighted by Crippen LogP contribution is 2.32. The maximum Gasteiger partial charge on any atom is 0.318 e. The monoisotopic (exact) mass is 423 g/mol. The van der Waals surface area contributed by atoms with Crippen molar-refractivity contribution in [3.05, 3.63) is 28.7 Å². The van der Waals surface area contributed by atoms with E-state index < -0.39 is 5.82 Å². The zero-order chi connectivity index (χ0) is 20.5. The lowest BCUT2D eigenvalue weighted by atomic mass is 10.0. The molecule has 2 aromatic rings. The molecule has 1 saturated heterocycles. The number of urea groups is 2. The highest BCUT2D eigenvalue weighted by Gasteiger charge is 2.39. The Labute approximate surface area is 172 Å². The van der Waals surface area contributed by atoms with E-state index in [1.807, 2.05) is 4.90 Å². The van der Waals surface area contributed by atoms with Gasteiger partial charge in [-0.05, 0) is 31.7 Å². The smallest absolute Gasteiger partial charge is 0.318 e. The van der Waals surface area contributed by atoms with Gasteiger partial charge < -0.3 is 25.0 Å². The second-order valence-corrected chi connectivity index (χ2v) is 7.89. The van der Waals surface area contributed by atoms with Crippen LogP contribution in [0.3, 0.4) is 0 Å². The number of hydrogen-bond acceptors (Lipinski definition) is 4. The summed E-state index contributed by atoms with van der Waals surface area (Å²) >= 11 is 5.85. The summed E-state index contributed by atoms with van der Waals surface area (Å²) in [5.41, 5.74) is 0.769. The minimum Gasteiger partial charge on any atom is -0.356 e. The van der Waals surface area contributed by atoms with Crippen molar-refractivity contribution in [3.8, 4) is 0 Å². The molecule has 156 valence electrons. The lowest BCUT2D eigenvalue weighted by Crippen LogP contribution is -2.56. The maximum absolute atomic E-state index is 13.6. The van der Waals surface area contributed by atoms with Crippen LogP contribution in [0, 0.1) is 5.82 Å². The number of nitrogens with zero attached hydrogens (tertiary/aromatic N) is 3. The van der Waals surface area contributed by atoms with Crippen LogP contribution in [0.5, 0.6) is 0 Å². The predicted molar refractivity (Wildman–Crippen MR) is 105 cm³/mol. The first kappa shape index (κ1) is 19.8. The summed E-state index contributed by atoms with van der Waals surface area (Å²) in [5, 5.41) is 10.0. The van der Waals surface area contributed by atoms with Crippen LogP contribution in [0.2, 0.25) is 5.02 Å². The second-order valence-electron chi connectivity index (χ2n) is 7.49. The molecule has 1 unspecified atom stereocenters. The Bertz CT molecular complexity index is 932. The van der Waals surface area contributed by atoms with Crippen LogP contribution < -0.4 is 10.6 Å². The van der Waals surface area contributed by atoms with Gasteiger partial charge in [0.1, 0.15) is 11.5 Å². The summed E-state index contributed by atoms with van der Waals surface area (Å²) in [5.74, 6) is -0.580. The zero-order valence-corrected chi connectivity index (χ0v) is 16.8. The first-order valence-corrected chi connectivity index (χ1v) is 10.1. The van der Waals surface area contributed by atoms with Gasteiger partial charge in [0.25, 0.3) is 0 Å². The summed E-state index contributed by atoms with van der Waals surface area (Å²) in [6.45, 7) is 1.35. The Hall–Kier alpha value is -2.55. The number of benzene rings is 1. The quantitative estimate of drug-likeness (QED) is 0.790. The molecule has 1 aliphatic carbocycles. The topological polar surface area (TPSA) is 90.7 Å². The van der Waals surface area contributed by atoms with Gasteiger partial charge in [-0.25, -0.2) is 14.0 Å². The number of amides is 4. The summed E-state index contributed by atoms with van der Waals surface area (Å²) < 4.78 is 18.7. The van der Waals surface area contributed by atoms with Gasteiger partial charge in [0, 0.05) is 37.6 Å². The molecular formula is C19H23ClFN5O3. The molecule has 29 heavy (non-hydrogen) atoms. The molecule has 4 amide bonds. The number of rotatable bonds is 4. The van der Waals surface area contributed by atoms with Crippen LogP contribution in [-0.2, 0) is 6.54 Å². The van der Waals surface area contributed by atoms with Crippen molar-refractivity contribution in [2.75, 3.05) is 20.1 Å². The number of halogens is 2. The molecule has 1 aromatic carbocycles. The molecule has 1 saturated carbocycles. The number of piperidine rings is 1. The van der Waals surface area contributed by atoms with Gasteiger partial charge >= 0.3 is 12.1 Å². The van der Waals surface area contributed by atoms with Crippen LogP contribution in [0.4, 0.5) is 14.0 Å². The van der Waals surface area contributed by atoms with E-state index in [-0.39, 0.29) is 41.3 Å². The predicted octanol–water partition coefficient (Wildman–Crippen LogP) is 3.10. The number of nitrogens with one attached hydrogen (secondary N) is 2. The van der Waals surface area contributed by atoms with E-state index in [1.165, 1.54) is 12.1 Å². The van der Waals surface area contributed by atoms with Gasteiger partial charge in [-0.1, -0.05) is 16.8 Å². The molecule has 10 heteroatoms. The first-order valence-electron chi connectivity index (χ1n) is 9.74. The molecule has 0 spiro atoms. The van der Waals surface area contributed by atoms with Crippen LogP contribution in [0.25, 0.3) is 11.0 Å². The summed E-state index contributed by atoms with van der Waals surface area (Å²) in [6.07, 6.45) is 3.64. The van der Waals surface area contributed by atoms with E-state index in [9.17, 15) is 14.0 Å². The van der Waals surface area contributed by atoms with Crippen LogP contribution >= 0.6 is 11.6 Å². The van der Waals surface area contributed by atoms with Crippen molar-refractivity contribution in [1.82, 2.24) is 25.6 Å². The Morgan fingerprint density at radius 2 is 2.14 bits per heavy atom. The number of carbonyl (C=O) groups is 2. The number of likely N-dealkylation sites (tertiary alicyclic amines) is 1. The molecular weight excluding hydrogens is 401 g/mol. The fourth-order valence-electron chi connectivity index (χ4n) is 3.87. The highest BCUT2D eigenvalue weighted by molar-refractivity contribution is 6.31. The van der Waals surface area contributed by atoms with Gasteiger partial charge in [-0.2, -0.15) is 0 Å². The van der Waals surface area contributed by atoms with E-state index in [1.54, 1.807) is 11.9 Å². The van der Waals surface area contributed by atoms with E-state index >= 15 is 0 Å². The average Bonchev–Trinajstić information content (AvgIpc) is 3.48. The third-order valence-electron chi connectivity index (χ3n) is 5.46. The maximum atomic E-state index is 13.6. The molecule has 0 bridgehead atoms. The molecule has 2 heterocycles. The van der Waals surface area contributed by atoms with Gasteiger partial charge in [0.2, 0.25) is 0 Å². The van der Waals surface area contributed by atoms with E-state index in [4.69, 9.17) is 16.1 Å². The van der Waals surface area contributed by atoms with Crippen molar-refractivity contribution >= 4 is 34.6 Å². The van der Waals surface area contributed by atoms with Gasteiger partial charge in [-0.3, -0.25) is 0 Å². The molecule has 2 aliphatic rings. The average molecular weight is 424 g/mol. The Morgan fingerprint density at radius 3 is 2.86 bits per heavy atom. The number of hydrogen-bond donors (Lipinski definition) is 2. The van der Waals surface area contributed by atoms with Crippen LogP contribution in [-0.4, -0.2) is 59.2 Å². The van der Waals surface area contributed by atoms with Crippen molar-refractivity contribution < 1.29 is 18.5 Å². The zero-order valence-electron chi connectivity index (χ0n) is 16.1. The highest BCUT2D eigenvalue weighted by atomic mass is 35.5. The fourth-order valence-corrected chi connectivity index (χ4v) is 4.03. The normalized spacial score (nSPS) is 19.3. The fraction of sp³-hybridized carbons (Fsp3) is 0.526. The van der Waals surface area contributed by atoms with E-state index in [0.29, 0.717) is 24.2 Å². The van der Waals surface area contributed by atoms with Gasteiger partial charge in [0.15, 0.2) is 5.58 Å². The third-order valence-corrected chi connectivity index (χ3v) is 5.75. The molecule has 2 N–H and O–H groups in total. The molecule has 0 radical (unpaired) electrons. The molecule has 8 nitrogen and oxygen atoms in total. The molecule has 1 atom stereocenters. The standard InChI is InChI=1S/C19H23ClFN5O3/c1-22-18(27)25-6-2-3-12(10-25)26(11-4-5-11)19(28)23-9-16-13-7-14(20)15(21)8-17(13)29-24-16/h7-8,11-12H,2-6,9-10H2,1H3,(H,22,27)(H,23,28). The minimum atomic E-state index is -0.580. The minimum absolute atomic E-state index is 0.0221. The third kappa shape index (κ3) is 4.10. The summed E-state index contributed by atoms with van der Waals surface area (Å²) in [6, 6.07) is 2.49. The first-order chi connectivity index (χ1) is 14.0. The molecule has 1 aliphatic heterocycles. The summed E-state index contributed by atoms with van der Waals surface area (Å²) in [4.78, 5) is 28.6. The Kier molecular flexibility index (Phi) is 5.49. The Morgan fingerprint density at radius 1 is 1.34 bits per heavy atom. The van der Waals surface area contributed by atoms with Crippen LogP contribution in [0.1, 0.15) is 31.4 Å². The molecule has 4 rings (SSSR count). The number of aromatic nitrogens is 1. The van der Waals surface area contributed by atoms with Crippen molar-refractivity contribution in [1.29, 1.82) is 0 Å². The van der Waals surface area contributed by atoms with Crippen molar-refractivity contribution in [2.45, 2.75) is 44.3 Å². The van der Waals surface area contributed by atoms with Crippen molar-refractivity contribution in [3.63, 3.8) is 0 Å².